The lowest BCUT2D eigenvalue weighted by Crippen LogP contribution is -2.41. The molecule has 0 radical (unpaired) electrons. The summed E-state index contributed by atoms with van der Waals surface area (Å²) in [6.45, 7) is 13.4. The molecule has 0 aliphatic carbocycles. The van der Waals surface area contributed by atoms with Crippen LogP contribution in [0, 0.1) is 5.41 Å². The van der Waals surface area contributed by atoms with Crippen LogP contribution in [-0.2, 0) is 4.74 Å². The van der Waals surface area contributed by atoms with Gasteiger partial charge in [-0.3, -0.25) is 4.90 Å². The molecule has 0 aromatic rings. The lowest BCUT2D eigenvalue weighted by Gasteiger charge is -2.33. The Morgan fingerprint density at radius 3 is 2.83 bits per heavy atom. The molecule has 2 aliphatic rings. The van der Waals surface area contributed by atoms with Crippen molar-refractivity contribution in [1.82, 2.24) is 10.2 Å². The predicted octanol–water partition coefficient (Wildman–Crippen LogP) is 2.04. The first-order valence-corrected chi connectivity index (χ1v) is 7.30. The first-order chi connectivity index (χ1) is 8.55. The van der Waals surface area contributed by atoms with Gasteiger partial charge in [-0.15, -0.1) is 0 Å². The Kier molecular flexibility index (Phi) is 4.82. The summed E-state index contributed by atoms with van der Waals surface area (Å²) in [6, 6.07) is 0. The van der Waals surface area contributed by atoms with Gasteiger partial charge in [0.25, 0.3) is 0 Å². The van der Waals surface area contributed by atoms with Crippen molar-refractivity contribution < 1.29 is 4.74 Å². The largest absolute Gasteiger partial charge is 0.376 e. The first-order valence-electron chi connectivity index (χ1n) is 7.30. The summed E-state index contributed by atoms with van der Waals surface area (Å²) in [5.74, 6) is 0. The summed E-state index contributed by atoms with van der Waals surface area (Å²) in [6.07, 6.45) is 5.24. The molecular formula is C15H28N2O. The highest BCUT2D eigenvalue weighted by Crippen LogP contribution is 2.30. The summed E-state index contributed by atoms with van der Waals surface area (Å²) < 4.78 is 5.74. The fourth-order valence-corrected chi connectivity index (χ4v) is 2.73. The Morgan fingerprint density at radius 1 is 1.44 bits per heavy atom. The summed E-state index contributed by atoms with van der Waals surface area (Å²) >= 11 is 0. The molecule has 2 heterocycles. The van der Waals surface area contributed by atoms with E-state index in [0.717, 1.165) is 32.7 Å². The lowest BCUT2D eigenvalue weighted by atomic mass is 9.83. The van der Waals surface area contributed by atoms with Crippen LogP contribution in [0.3, 0.4) is 0 Å². The van der Waals surface area contributed by atoms with E-state index in [0.29, 0.717) is 11.5 Å². The van der Waals surface area contributed by atoms with Crippen LogP contribution in [0.15, 0.2) is 11.6 Å². The van der Waals surface area contributed by atoms with E-state index in [1.165, 1.54) is 19.5 Å². The Morgan fingerprint density at radius 2 is 2.28 bits per heavy atom. The molecule has 1 unspecified atom stereocenters. The number of morpholine rings is 1. The van der Waals surface area contributed by atoms with Crippen molar-refractivity contribution in [2.45, 2.75) is 39.7 Å². The summed E-state index contributed by atoms with van der Waals surface area (Å²) in [7, 11) is 0. The van der Waals surface area contributed by atoms with Gasteiger partial charge in [0.1, 0.15) is 0 Å². The van der Waals surface area contributed by atoms with Crippen LogP contribution in [-0.4, -0.2) is 50.3 Å². The second-order valence-electron chi connectivity index (χ2n) is 6.52. The quantitative estimate of drug-likeness (QED) is 0.778. The summed E-state index contributed by atoms with van der Waals surface area (Å²) in [5, 5.41) is 3.39. The summed E-state index contributed by atoms with van der Waals surface area (Å²) in [4.78, 5) is 2.55. The Hall–Kier alpha value is -0.380. The van der Waals surface area contributed by atoms with Crippen LogP contribution in [0.4, 0.5) is 0 Å². The average molecular weight is 252 g/mol. The van der Waals surface area contributed by atoms with Crippen molar-refractivity contribution in [2.75, 3.05) is 39.3 Å². The molecule has 2 aliphatic heterocycles. The van der Waals surface area contributed by atoms with E-state index < -0.39 is 0 Å². The van der Waals surface area contributed by atoms with Crippen molar-refractivity contribution in [3.63, 3.8) is 0 Å². The molecule has 1 saturated heterocycles. The third-order valence-corrected chi connectivity index (χ3v) is 4.03. The van der Waals surface area contributed by atoms with E-state index in [1.807, 2.05) is 0 Å². The van der Waals surface area contributed by atoms with Gasteiger partial charge in [-0.2, -0.15) is 0 Å². The van der Waals surface area contributed by atoms with Gasteiger partial charge in [0.15, 0.2) is 0 Å². The molecular weight excluding hydrogens is 224 g/mol. The van der Waals surface area contributed by atoms with E-state index >= 15 is 0 Å². The van der Waals surface area contributed by atoms with E-state index in [-0.39, 0.29) is 0 Å². The Bertz CT molecular complexity index is 287. The average Bonchev–Trinajstić information content (AvgIpc) is 2.37. The molecule has 3 nitrogen and oxygen atoms in total. The normalized spacial score (nSPS) is 27.1. The predicted molar refractivity (Wildman–Crippen MR) is 75.8 cm³/mol. The molecule has 3 heteroatoms. The maximum Gasteiger partial charge on any atom is 0.0712 e. The molecule has 0 bridgehead atoms. The molecule has 0 spiro atoms. The minimum Gasteiger partial charge on any atom is -0.376 e. The van der Waals surface area contributed by atoms with Crippen LogP contribution < -0.4 is 5.32 Å². The van der Waals surface area contributed by atoms with Crippen molar-refractivity contribution in [2.24, 2.45) is 5.41 Å². The first kappa shape index (κ1) is 14.0. The number of hydrogen-bond acceptors (Lipinski definition) is 3. The fourth-order valence-electron chi connectivity index (χ4n) is 2.73. The van der Waals surface area contributed by atoms with E-state index in [4.69, 9.17) is 4.74 Å². The number of ether oxygens (including phenoxy) is 1. The van der Waals surface area contributed by atoms with E-state index in [9.17, 15) is 0 Å². The van der Waals surface area contributed by atoms with Crippen LogP contribution >= 0.6 is 0 Å². The van der Waals surface area contributed by atoms with Gasteiger partial charge in [-0.1, -0.05) is 32.4 Å². The number of rotatable bonds is 3. The van der Waals surface area contributed by atoms with Gasteiger partial charge in [-0.05, 0) is 18.3 Å². The van der Waals surface area contributed by atoms with E-state index in [1.54, 1.807) is 5.57 Å². The van der Waals surface area contributed by atoms with E-state index in [2.05, 4.69) is 37.1 Å². The summed E-state index contributed by atoms with van der Waals surface area (Å²) in [5.41, 5.74) is 1.97. The zero-order chi connectivity index (χ0) is 13.0. The van der Waals surface area contributed by atoms with Crippen LogP contribution in [0.25, 0.3) is 0 Å². The Labute approximate surface area is 112 Å². The SMILES string of the molecule is CC(C)(C)C1=CCN(CCC2CNCCO2)CC1. The van der Waals surface area contributed by atoms with Gasteiger partial charge in [0, 0.05) is 32.7 Å². The standard InChI is InChI=1S/C15H28N2O/c1-15(2,3)13-4-8-17(9-5-13)10-6-14-12-16-7-11-18-14/h4,14,16H,5-12H2,1-3H3. The molecule has 0 saturated carbocycles. The van der Waals surface area contributed by atoms with Crippen molar-refractivity contribution in [3.8, 4) is 0 Å². The highest BCUT2D eigenvalue weighted by atomic mass is 16.5. The monoisotopic (exact) mass is 252 g/mol. The molecule has 1 N–H and O–H groups in total. The fraction of sp³-hybridized carbons (Fsp3) is 0.867. The third kappa shape index (κ3) is 4.08. The van der Waals surface area contributed by atoms with Crippen LogP contribution in [0.2, 0.25) is 0 Å². The van der Waals surface area contributed by atoms with Gasteiger partial charge in [0.2, 0.25) is 0 Å². The van der Waals surface area contributed by atoms with Gasteiger partial charge in [-0.25, -0.2) is 0 Å². The number of hydrogen-bond donors (Lipinski definition) is 1. The van der Waals surface area contributed by atoms with Gasteiger partial charge in [0.05, 0.1) is 12.7 Å². The molecule has 18 heavy (non-hydrogen) atoms. The molecule has 2 rings (SSSR count). The van der Waals surface area contributed by atoms with Crippen molar-refractivity contribution >= 4 is 0 Å². The molecule has 0 aromatic heterocycles. The minimum absolute atomic E-state index is 0.350. The number of nitrogens with one attached hydrogen (secondary N) is 1. The number of nitrogens with zero attached hydrogens (tertiary/aromatic N) is 1. The zero-order valence-corrected chi connectivity index (χ0v) is 12.2. The maximum atomic E-state index is 5.74. The molecule has 0 aromatic carbocycles. The lowest BCUT2D eigenvalue weighted by molar-refractivity contribution is 0.0177. The molecule has 1 fully saturated rings. The van der Waals surface area contributed by atoms with Gasteiger partial charge < -0.3 is 10.1 Å². The zero-order valence-electron chi connectivity index (χ0n) is 12.2. The highest BCUT2D eigenvalue weighted by Gasteiger charge is 2.22. The second kappa shape index (κ2) is 6.18. The maximum absolute atomic E-state index is 5.74. The van der Waals surface area contributed by atoms with Gasteiger partial charge >= 0.3 is 0 Å². The van der Waals surface area contributed by atoms with Crippen molar-refractivity contribution in [3.05, 3.63) is 11.6 Å². The Balaban J connectivity index is 1.71. The minimum atomic E-state index is 0.350. The molecule has 104 valence electrons. The van der Waals surface area contributed by atoms with Crippen LogP contribution in [0.5, 0.6) is 0 Å². The smallest absolute Gasteiger partial charge is 0.0712 e. The van der Waals surface area contributed by atoms with Crippen molar-refractivity contribution in [1.29, 1.82) is 0 Å². The second-order valence-corrected chi connectivity index (χ2v) is 6.52. The topological polar surface area (TPSA) is 24.5 Å². The molecule has 0 amide bonds. The van der Waals surface area contributed by atoms with Crippen LogP contribution in [0.1, 0.15) is 33.6 Å². The molecule has 1 atom stereocenters. The third-order valence-electron chi connectivity index (χ3n) is 4.03. The highest BCUT2D eigenvalue weighted by molar-refractivity contribution is 5.14.